The number of aryl methyl sites for hydroxylation is 2. The Balaban J connectivity index is 1.43. The summed E-state index contributed by atoms with van der Waals surface area (Å²) in [7, 11) is 0. The molecule has 3 fully saturated rings. The summed E-state index contributed by atoms with van der Waals surface area (Å²) in [4.78, 5) is 40.6. The number of carbonyl (C=O) groups is 3. The smallest absolute Gasteiger partial charge is 0.343 e. The fraction of sp³-hybridized carbons (Fsp3) is 0.593. The first-order valence-electron chi connectivity index (χ1n) is 11.8. The minimum atomic E-state index is -4.35. The van der Waals surface area contributed by atoms with Crippen molar-refractivity contribution in [2.24, 2.45) is 10.8 Å². The molecule has 0 N–H and O–H groups in total. The Morgan fingerprint density at radius 1 is 1.03 bits per heavy atom. The Bertz CT molecular complexity index is 1050. The molecule has 2 saturated carbocycles. The average Bonchev–Trinajstić information content (AvgIpc) is 3.51. The van der Waals surface area contributed by atoms with Crippen molar-refractivity contribution in [3.05, 3.63) is 34.4 Å². The van der Waals surface area contributed by atoms with Gasteiger partial charge in [0.05, 0.1) is 5.41 Å². The Labute approximate surface area is 198 Å². The van der Waals surface area contributed by atoms with E-state index in [1.165, 1.54) is 4.90 Å². The SMILES string of the molecule is CC#Cc1cc(C)c(C2C(=O)CC3(CCN(C(=O)CC4(C(F)(F)F)CC4)CC3)CC2=O)c(C)c1. The van der Waals surface area contributed by atoms with Gasteiger partial charge in [0.25, 0.3) is 0 Å². The van der Waals surface area contributed by atoms with Crippen molar-refractivity contribution in [3.8, 4) is 11.8 Å². The maximum absolute atomic E-state index is 13.3. The van der Waals surface area contributed by atoms with Gasteiger partial charge >= 0.3 is 6.18 Å². The standard InChI is InChI=1S/C27H30F3NO3/c1-4-5-19-12-17(2)23(18(3)13-19)24-20(32)14-25(15-21(24)33)8-10-31(11-9-25)22(34)16-26(6-7-26)27(28,29)30/h12-13,24H,6-11,14-16H2,1-3H3. The van der Waals surface area contributed by atoms with Crippen LogP contribution in [-0.2, 0) is 14.4 Å². The van der Waals surface area contributed by atoms with Gasteiger partial charge in [-0.25, -0.2) is 0 Å². The van der Waals surface area contributed by atoms with Gasteiger partial charge in [0.2, 0.25) is 5.91 Å². The number of halogens is 3. The number of nitrogens with zero attached hydrogens (tertiary/aromatic N) is 1. The number of rotatable bonds is 3. The molecule has 0 bridgehead atoms. The Morgan fingerprint density at radius 2 is 1.56 bits per heavy atom. The fourth-order valence-electron chi connectivity index (χ4n) is 5.85. The second-order valence-corrected chi connectivity index (χ2v) is 10.5. The number of benzene rings is 1. The second kappa shape index (κ2) is 8.55. The van der Waals surface area contributed by atoms with E-state index < -0.39 is 35.3 Å². The molecule has 0 aromatic heterocycles. The molecular formula is C27H30F3NO3. The van der Waals surface area contributed by atoms with E-state index >= 15 is 0 Å². The van der Waals surface area contributed by atoms with Gasteiger partial charge in [0, 0.05) is 37.9 Å². The van der Waals surface area contributed by atoms with E-state index in [2.05, 4.69) is 11.8 Å². The van der Waals surface area contributed by atoms with Crippen LogP contribution in [0.4, 0.5) is 13.2 Å². The number of hydrogen-bond donors (Lipinski definition) is 0. The predicted octanol–water partition coefficient (Wildman–Crippen LogP) is 5.03. The van der Waals surface area contributed by atoms with E-state index in [1.807, 2.05) is 26.0 Å². The van der Waals surface area contributed by atoms with Crippen molar-refractivity contribution in [1.82, 2.24) is 4.90 Å². The minimum absolute atomic E-state index is 0.00917. The van der Waals surface area contributed by atoms with Crippen LogP contribution in [0, 0.1) is 36.5 Å². The molecule has 1 saturated heterocycles. The molecule has 1 amide bonds. The summed E-state index contributed by atoms with van der Waals surface area (Å²) in [6, 6.07) is 3.81. The zero-order chi connectivity index (χ0) is 24.9. The number of alkyl halides is 3. The topological polar surface area (TPSA) is 54.5 Å². The lowest BCUT2D eigenvalue weighted by atomic mass is 9.62. The van der Waals surface area contributed by atoms with E-state index in [9.17, 15) is 27.6 Å². The fourth-order valence-corrected chi connectivity index (χ4v) is 5.85. The first kappa shape index (κ1) is 24.5. The maximum atomic E-state index is 13.3. The highest BCUT2D eigenvalue weighted by Gasteiger charge is 2.64. The zero-order valence-electron chi connectivity index (χ0n) is 19.9. The molecule has 34 heavy (non-hydrogen) atoms. The Hall–Kier alpha value is -2.62. The number of carbonyl (C=O) groups excluding carboxylic acids is 3. The van der Waals surface area contributed by atoms with Crippen molar-refractivity contribution in [3.63, 3.8) is 0 Å². The first-order valence-corrected chi connectivity index (χ1v) is 11.8. The highest BCUT2D eigenvalue weighted by Crippen LogP contribution is 2.60. The van der Waals surface area contributed by atoms with Crippen LogP contribution in [0.1, 0.15) is 80.0 Å². The normalized spacial score (nSPS) is 21.9. The Morgan fingerprint density at radius 3 is 2.00 bits per heavy atom. The number of ketones is 2. The molecule has 2 aliphatic carbocycles. The largest absolute Gasteiger partial charge is 0.395 e. The van der Waals surface area contributed by atoms with Crippen LogP contribution in [0.2, 0.25) is 0 Å². The van der Waals surface area contributed by atoms with Gasteiger partial charge in [-0.05, 0) is 80.7 Å². The van der Waals surface area contributed by atoms with Crippen molar-refractivity contribution in [2.45, 2.75) is 77.8 Å². The highest BCUT2D eigenvalue weighted by atomic mass is 19.4. The van der Waals surface area contributed by atoms with Gasteiger partial charge < -0.3 is 4.90 Å². The number of likely N-dealkylation sites (tertiary alicyclic amines) is 1. The summed E-state index contributed by atoms with van der Waals surface area (Å²) in [5.74, 6) is 4.41. The van der Waals surface area contributed by atoms with Gasteiger partial charge in [-0.15, -0.1) is 5.92 Å². The molecule has 1 heterocycles. The molecule has 1 aromatic rings. The van der Waals surface area contributed by atoms with Crippen molar-refractivity contribution >= 4 is 17.5 Å². The summed E-state index contributed by atoms with van der Waals surface area (Å²) in [6.45, 7) is 6.13. The van der Waals surface area contributed by atoms with Crippen LogP contribution in [0.3, 0.4) is 0 Å². The quantitative estimate of drug-likeness (QED) is 0.457. The highest BCUT2D eigenvalue weighted by molar-refractivity contribution is 6.10. The van der Waals surface area contributed by atoms with Crippen LogP contribution in [-0.4, -0.2) is 41.6 Å². The minimum Gasteiger partial charge on any atom is -0.343 e. The Kier molecular flexibility index (Phi) is 6.16. The van der Waals surface area contributed by atoms with Crippen LogP contribution < -0.4 is 0 Å². The lowest BCUT2D eigenvalue weighted by molar-refractivity contribution is -0.192. The van der Waals surface area contributed by atoms with E-state index in [1.54, 1.807) is 6.92 Å². The van der Waals surface area contributed by atoms with Gasteiger partial charge in [0.1, 0.15) is 17.5 Å². The number of amides is 1. The van der Waals surface area contributed by atoms with Crippen LogP contribution in [0.5, 0.6) is 0 Å². The van der Waals surface area contributed by atoms with E-state index in [0.29, 0.717) is 25.9 Å². The summed E-state index contributed by atoms with van der Waals surface area (Å²) in [5, 5.41) is 0. The summed E-state index contributed by atoms with van der Waals surface area (Å²) in [5.41, 5.74) is 1.01. The molecule has 0 unspecified atom stereocenters. The molecular weight excluding hydrogens is 443 g/mol. The monoisotopic (exact) mass is 473 g/mol. The molecule has 1 aliphatic heterocycles. The maximum Gasteiger partial charge on any atom is 0.395 e. The van der Waals surface area contributed by atoms with Crippen molar-refractivity contribution in [2.75, 3.05) is 13.1 Å². The second-order valence-electron chi connectivity index (χ2n) is 10.5. The zero-order valence-corrected chi connectivity index (χ0v) is 19.9. The van der Waals surface area contributed by atoms with E-state index in [0.717, 1.165) is 22.3 Å². The van der Waals surface area contributed by atoms with Crippen LogP contribution in [0.25, 0.3) is 0 Å². The number of piperidine rings is 1. The summed E-state index contributed by atoms with van der Waals surface area (Å²) < 4.78 is 39.7. The van der Waals surface area contributed by atoms with Gasteiger partial charge in [0.15, 0.2) is 0 Å². The molecule has 1 aromatic carbocycles. The molecule has 0 atom stereocenters. The van der Waals surface area contributed by atoms with E-state index in [4.69, 9.17) is 0 Å². The average molecular weight is 474 g/mol. The summed E-state index contributed by atoms with van der Waals surface area (Å²) in [6.07, 6.45) is -3.39. The lowest BCUT2D eigenvalue weighted by Gasteiger charge is -2.45. The number of hydrogen-bond acceptors (Lipinski definition) is 3. The first-order chi connectivity index (χ1) is 15.9. The van der Waals surface area contributed by atoms with Crippen molar-refractivity contribution in [1.29, 1.82) is 0 Å². The van der Waals surface area contributed by atoms with Gasteiger partial charge in [-0.1, -0.05) is 5.92 Å². The molecule has 3 aliphatic rings. The third kappa shape index (κ3) is 4.39. The molecule has 1 spiro atoms. The lowest BCUT2D eigenvalue weighted by Crippen LogP contribution is -2.49. The third-order valence-corrected chi connectivity index (χ3v) is 8.02. The van der Waals surface area contributed by atoms with Crippen LogP contribution in [0.15, 0.2) is 12.1 Å². The summed E-state index contributed by atoms with van der Waals surface area (Å²) >= 11 is 0. The molecule has 4 rings (SSSR count). The third-order valence-electron chi connectivity index (χ3n) is 8.02. The predicted molar refractivity (Wildman–Crippen MR) is 121 cm³/mol. The molecule has 0 radical (unpaired) electrons. The molecule has 7 heteroatoms. The van der Waals surface area contributed by atoms with Gasteiger partial charge in [-0.2, -0.15) is 13.2 Å². The molecule has 182 valence electrons. The molecule has 4 nitrogen and oxygen atoms in total. The van der Waals surface area contributed by atoms with Crippen molar-refractivity contribution < 1.29 is 27.6 Å². The van der Waals surface area contributed by atoms with Gasteiger partial charge in [-0.3, -0.25) is 14.4 Å². The van der Waals surface area contributed by atoms with E-state index in [-0.39, 0.29) is 37.2 Å². The van der Waals surface area contributed by atoms with Crippen LogP contribution >= 0.6 is 0 Å². The number of Topliss-reactive ketones (excluding diaryl/α,β-unsaturated/α-hetero) is 2.